The van der Waals surface area contributed by atoms with Crippen LogP contribution in [0.4, 0.5) is 10.1 Å². The van der Waals surface area contributed by atoms with Crippen LogP contribution in [0, 0.1) is 12.7 Å². The van der Waals surface area contributed by atoms with Crippen LogP contribution in [0.5, 0.6) is 0 Å². The van der Waals surface area contributed by atoms with Gasteiger partial charge >= 0.3 is 0 Å². The van der Waals surface area contributed by atoms with Gasteiger partial charge in [0.15, 0.2) is 0 Å². The quantitative estimate of drug-likeness (QED) is 0.180. The average Bonchev–Trinajstić information content (AvgIpc) is 3.00. The Morgan fingerprint density at radius 1 is 0.844 bits per heavy atom. The van der Waals surface area contributed by atoms with Crippen LogP contribution in [0.25, 0.3) is 0 Å². The van der Waals surface area contributed by atoms with Gasteiger partial charge in [-0.15, -0.1) is 0 Å². The SMILES string of the molecule is Cc1ccc(S(=O)(=O)N(CC(=O)N(Cc2ccc(F)cc2)[C@H](Cc2ccccc2)C(=O)NC(C)C)c2ccc(Cl)c(Cl)c2)cc1. The zero-order chi connectivity index (χ0) is 32.7. The van der Waals surface area contributed by atoms with Crippen LogP contribution in [0.1, 0.15) is 30.5 Å². The van der Waals surface area contributed by atoms with E-state index in [1.165, 1.54) is 59.5 Å². The number of hydrogen-bond donors (Lipinski definition) is 1. The van der Waals surface area contributed by atoms with E-state index in [-0.39, 0.29) is 39.6 Å². The van der Waals surface area contributed by atoms with Gasteiger partial charge in [-0.1, -0.05) is 83.4 Å². The maximum absolute atomic E-state index is 14.4. The molecule has 4 aromatic rings. The van der Waals surface area contributed by atoms with Crippen molar-refractivity contribution in [3.05, 3.63) is 130 Å². The maximum atomic E-state index is 14.4. The molecule has 0 aliphatic heterocycles. The molecule has 1 atom stereocenters. The van der Waals surface area contributed by atoms with E-state index in [4.69, 9.17) is 23.2 Å². The number of aryl methyl sites for hydroxylation is 1. The Hall–Kier alpha value is -3.92. The van der Waals surface area contributed by atoms with E-state index >= 15 is 0 Å². The van der Waals surface area contributed by atoms with Gasteiger partial charge in [0, 0.05) is 19.0 Å². The molecular formula is C34H34Cl2FN3O4S. The fraction of sp³-hybridized carbons (Fsp3) is 0.235. The highest BCUT2D eigenvalue weighted by Gasteiger charge is 2.35. The van der Waals surface area contributed by atoms with Crippen molar-refractivity contribution in [2.45, 2.75) is 50.7 Å². The smallest absolute Gasteiger partial charge is 0.264 e. The van der Waals surface area contributed by atoms with Gasteiger partial charge < -0.3 is 10.2 Å². The Morgan fingerprint density at radius 3 is 2.09 bits per heavy atom. The number of nitrogens with one attached hydrogen (secondary N) is 1. The first-order valence-corrected chi connectivity index (χ1v) is 16.5. The zero-order valence-electron chi connectivity index (χ0n) is 25.1. The minimum absolute atomic E-state index is 0.0320. The Balaban J connectivity index is 1.82. The molecule has 11 heteroatoms. The molecule has 0 saturated carbocycles. The molecule has 4 rings (SSSR count). The summed E-state index contributed by atoms with van der Waals surface area (Å²) in [5.41, 5.74) is 2.33. The van der Waals surface area contributed by atoms with E-state index in [2.05, 4.69) is 5.32 Å². The lowest BCUT2D eigenvalue weighted by atomic mass is 10.0. The highest BCUT2D eigenvalue weighted by atomic mass is 35.5. The molecule has 7 nitrogen and oxygen atoms in total. The summed E-state index contributed by atoms with van der Waals surface area (Å²) in [6, 6.07) is 24.1. The lowest BCUT2D eigenvalue weighted by Gasteiger charge is -2.34. The molecule has 45 heavy (non-hydrogen) atoms. The fourth-order valence-electron chi connectivity index (χ4n) is 4.73. The Bertz CT molecular complexity index is 1740. The molecule has 1 N–H and O–H groups in total. The summed E-state index contributed by atoms with van der Waals surface area (Å²) < 4.78 is 42.9. The predicted octanol–water partition coefficient (Wildman–Crippen LogP) is 6.80. The molecule has 4 aromatic carbocycles. The first kappa shape index (κ1) is 34.0. The Morgan fingerprint density at radius 2 is 1.49 bits per heavy atom. The highest BCUT2D eigenvalue weighted by Crippen LogP contribution is 2.31. The van der Waals surface area contributed by atoms with Crippen LogP contribution in [-0.2, 0) is 32.6 Å². The molecule has 0 bridgehead atoms. The summed E-state index contributed by atoms with van der Waals surface area (Å²) in [6.07, 6.45) is 0.157. The van der Waals surface area contributed by atoms with Gasteiger partial charge in [-0.2, -0.15) is 0 Å². The minimum Gasteiger partial charge on any atom is -0.352 e. The van der Waals surface area contributed by atoms with Crippen LogP contribution in [0.2, 0.25) is 10.0 Å². The lowest BCUT2D eigenvalue weighted by molar-refractivity contribution is -0.140. The topological polar surface area (TPSA) is 86.8 Å². The highest BCUT2D eigenvalue weighted by molar-refractivity contribution is 7.92. The Kier molecular flexibility index (Phi) is 11.3. The molecule has 236 valence electrons. The number of halogens is 3. The Labute approximate surface area is 273 Å². The standard InChI is InChI=1S/C34H34Cl2FN3O4S/c1-23(2)38-34(42)32(19-25-7-5-4-6-8-25)39(21-26-11-13-27(37)14-12-26)33(41)22-40(28-15-18-30(35)31(36)20-28)45(43,44)29-16-9-24(3)10-17-29/h4-18,20,23,32H,19,21-22H2,1-3H3,(H,38,42)/t32-/m1/s1. The van der Waals surface area contributed by atoms with Gasteiger partial charge in [-0.3, -0.25) is 13.9 Å². The van der Waals surface area contributed by atoms with Crippen molar-refractivity contribution in [1.29, 1.82) is 0 Å². The van der Waals surface area contributed by atoms with Crippen molar-refractivity contribution < 1.29 is 22.4 Å². The summed E-state index contributed by atoms with van der Waals surface area (Å²) in [7, 11) is -4.30. The van der Waals surface area contributed by atoms with Crippen molar-refractivity contribution in [3.8, 4) is 0 Å². The number of anilines is 1. The van der Waals surface area contributed by atoms with Crippen LogP contribution < -0.4 is 9.62 Å². The molecule has 0 fully saturated rings. The molecule has 0 aliphatic rings. The third-order valence-corrected chi connectivity index (χ3v) is 9.57. The van der Waals surface area contributed by atoms with Gasteiger partial charge in [0.25, 0.3) is 10.0 Å². The molecule has 0 aromatic heterocycles. The third kappa shape index (κ3) is 8.84. The molecule has 0 unspecified atom stereocenters. The number of nitrogens with zero attached hydrogens (tertiary/aromatic N) is 2. The number of rotatable bonds is 12. The molecule has 0 spiro atoms. The number of hydrogen-bond acceptors (Lipinski definition) is 4. The van der Waals surface area contributed by atoms with Crippen LogP contribution in [0.15, 0.2) is 102 Å². The van der Waals surface area contributed by atoms with E-state index in [0.29, 0.717) is 5.56 Å². The van der Waals surface area contributed by atoms with Crippen molar-refractivity contribution in [2.75, 3.05) is 10.8 Å². The third-order valence-electron chi connectivity index (χ3n) is 7.05. The van der Waals surface area contributed by atoms with E-state index < -0.39 is 40.2 Å². The summed E-state index contributed by atoms with van der Waals surface area (Å²) in [5.74, 6) is -1.52. The maximum Gasteiger partial charge on any atom is 0.264 e. The molecule has 0 radical (unpaired) electrons. The van der Waals surface area contributed by atoms with E-state index in [1.807, 2.05) is 51.1 Å². The molecule has 2 amide bonds. The molecule has 0 aliphatic carbocycles. The summed E-state index contributed by atoms with van der Waals surface area (Å²) in [6.45, 7) is 4.71. The fourth-order valence-corrected chi connectivity index (χ4v) is 6.43. The number of amides is 2. The van der Waals surface area contributed by atoms with Crippen LogP contribution in [0.3, 0.4) is 0 Å². The second-order valence-corrected chi connectivity index (χ2v) is 13.6. The minimum atomic E-state index is -4.30. The summed E-state index contributed by atoms with van der Waals surface area (Å²) >= 11 is 12.4. The monoisotopic (exact) mass is 669 g/mol. The first-order chi connectivity index (χ1) is 21.3. The van der Waals surface area contributed by atoms with E-state index in [9.17, 15) is 22.4 Å². The number of benzene rings is 4. The van der Waals surface area contributed by atoms with Gasteiger partial charge in [-0.05, 0) is 74.4 Å². The average molecular weight is 671 g/mol. The second-order valence-electron chi connectivity index (χ2n) is 10.9. The van der Waals surface area contributed by atoms with Gasteiger partial charge in [0.2, 0.25) is 11.8 Å². The van der Waals surface area contributed by atoms with Gasteiger partial charge in [-0.25, -0.2) is 12.8 Å². The number of carbonyl (C=O) groups is 2. The molecule has 0 heterocycles. The van der Waals surface area contributed by atoms with Crippen molar-refractivity contribution in [3.63, 3.8) is 0 Å². The van der Waals surface area contributed by atoms with Crippen molar-refractivity contribution in [1.82, 2.24) is 10.2 Å². The van der Waals surface area contributed by atoms with Crippen molar-refractivity contribution >= 4 is 50.7 Å². The largest absolute Gasteiger partial charge is 0.352 e. The van der Waals surface area contributed by atoms with Crippen molar-refractivity contribution in [2.24, 2.45) is 0 Å². The normalized spacial score (nSPS) is 12.1. The number of sulfonamides is 1. The molecular weight excluding hydrogens is 636 g/mol. The summed E-state index contributed by atoms with van der Waals surface area (Å²) in [4.78, 5) is 29.4. The van der Waals surface area contributed by atoms with Gasteiger partial charge in [0.05, 0.1) is 20.6 Å². The first-order valence-electron chi connectivity index (χ1n) is 14.3. The van der Waals surface area contributed by atoms with E-state index in [1.54, 1.807) is 12.1 Å². The lowest BCUT2D eigenvalue weighted by Crippen LogP contribution is -2.54. The predicted molar refractivity (Wildman–Crippen MR) is 176 cm³/mol. The van der Waals surface area contributed by atoms with E-state index in [0.717, 1.165) is 15.4 Å². The van der Waals surface area contributed by atoms with Crippen LogP contribution >= 0.6 is 23.2 Å². The second kappa shape index (κ2) is 14.9. The van der Waals surface area contributed by atoms with Gasteiger partial charge in [0.1, 0.15) is 18.4 Å². The zero-order valence-corrected chi connectivity index (χ0v) is 27.4. The van der Waals surface area contributed by atoms with Crippen LogP contribution in [-0.4, -0.2) is 43.8 Å². The molecule has 0 saturated heterocycles. The summed E-state index contributed by atoms with van der Waals surface area (Å²) in [5, 5.41) is 3.21. The number of carbonyl (C=O) groups excluding carboxylic acids is 2.